The fourth-order valence-electron chi connectivity index (χ4n) is 1.70. The number of allylic oxidation sites excluding steroid dienone is 5. The van der Waals surface area contributed by atoms with Crippen molar-refractivity contribution in [2.45, 2.75) is 12.8 Å². The van der Waals surface area contributed by atoms with Crippen LogP contribution in [0.5, 0.6) is 0 Å². The lowest BCUT2D eigenvalue weighted by atomic mass is 10.2. The molecule has 0 aromatic rings. The van der Waals surface area contributed by atoms with Gasteiger partial charge < -0.3 is 14.7 Å². The number of aliphatic imine (C=N–C) groups is 1. The largest absolute Gasteiger partial charge is 0.477 e. The molecule has 0 aromatic heterocycles. The van der Waals surface area contributed by atoms with Crippen LogP contribution in [0.3, 0.4) is 0 Å². The summed E-state index contributed by atoms with van der Waals surface area (Å²) in [4.78, 5) is 16.6. The first-order chi connectivity index (χ1) is 9.74. The maximum Gasteiger partial charge on any atom is 0.350 e. The number of carbonyl (C=O) groups is 1. The molecule has 0 radical (unpaired) electrons. The van der Waals surface area contributed by atoms with E-state index in [1.807, 2.05) is 18.2 Å². The van der Waals surface area contributed by atoms with Crippen LogP contribution in [0.15, 0.2) is 41.6 Å². The van der Waals surface area contributed by atoms with E-state index in [0.717, 1.165) is 32.7 Å². The van der Waals surface area contributed by atoms with Gasteiger partial charge in [-0.05, 0) is 12.6 Å². The van der Waals surface area contributed by atoms with E-state index in [0.29, 0.717) is 6.42 Å². The number of carboxylic acids is 1. The maximum atomic E-state index is 10.7. The van der Waals surface area contributed by atoms with Gasteiger partial charge in [-0.1, -0.05) is 30.4 Å². The summed E-state index contributed by atoms with van der Waals surface area (Å²) in [5.41, 5.74) is 0.168. The van der Waals surface area contributed by atoms with Crippen LogP contribution in [0.25, 0.3) is 0 Å². The van der Waals surface area contributed by atoms with Crippen LogP contribution in [0.2, 0.25) is 0 Å². The Kier molecular flexibility index (Phi) is 8.07. The van der Waals surface area contributed by atoms with Crippen LogP contribution in [-0.4, -0.2) is 55.0 Å². The van der Waals surface area contributed by atoms with Gasteiger partial charge in [0.15, 0.2) is 0 Å². The average Bonchev–Trinajstić information content (AvgIpc) is 2.46. The molecule has 0 aromatic carbocycles. The Morgan fingerprint density at radius 1 is 1.25 bits per heavy atom. The van der Waals surface area contributed by atoms with Gasteiger partial charge in [0.2, 0.25) is 0 Å². The molecular formula is C15H22N2O3. The van der Waals surface area contributed by atoms with E-state index in [9.17, 15) is 4.79 Å². The van der Waals surface area contributed by atoms with Crippen molar-refractivity contribution >= 4 is 11.7 Å². The molecule has 5 nitrogen and oxygen atoms in total. The third-order valence-corrected chi connectivity index (χ3v) is 2.85. The molecule has 0 aliphatic carbocycles. The quantitative estimate of drug-likeness (QED) is 0.570. The normalized spacial score (nSPS) is 17.6. The summed E-state index contributed by atoms with van der Waals surface area (Å²) in [6, 6.07) is 0. The van der Waals surface area contributed by atoms with Gasteiger partial charge in [0.25, 0.3) is 0 Å². The first-order valence-electron chi connectivity index (χ1n) is 6.73. The molecule has 1 fully saturated rings. The zero-order chi connectivity index (χ0) is 14.6. The molecule has 1 N–H and O–H groups in total. The van der Waals surface area contributed by atoms with Crippen LogP contribution in [0.4, 0.5) is 0 Å². The van der Waals surface area contributed by atoms with Crippen molar-refractivity contribution in [1.82, 2.24) is 4.90 Å². The number of hydrogen-bond acceptors (Lipinski definition) is 4. The first-order valence-corrected chi connectivity index (χ1v) is 6.73. The monoisotopic (exact) mass is 278 g/mol. The molecule has 1 aliphatic rings. The van der Waals surface area contributed by atoms with E-state index in [1.165, 1.54) is 7.05 Å². The Labute approximate surface area is 119 Å². The number of aliphatic carboxylic acids is 1. The van der Waals surface area contributed by atoms with Crippen LogP contribution in [-0.2, 0) is 9.53 Å². The molecule has 1 rings (SSSR count). The molecule has 1 saturated heterocycles. The summed E-state index contributed by atoms with van der Waals surface area (Å²) in [5.74, 6) is -0.963. The van der Waals surface area contributed by atoms with Crippen LogP contribution in [0.1, 0.15) is 12.8 Å². The molecule has 5 heteroatoms. The van der Waals surface area contributed by atoms with E-state index >= 15 is 0 Å². The van der Waals surface area contributed by atoms with E-state index in [1.54, 1.807) is 6.08 Å². The van der Waals surface area contributed by atoms with E-state index in [-0.39, 0.29) is 5.71 Å². The molecule has 0 amide bonds. The maximum absolute atomic E-state index is 10.7. The van der Waals surface area contributed by atoms with Gasteiger partial charge in [-0.2, -0.15) is 0 Å². The number of rotatable bonds is 7. The van der Waals surface area contributed by atoms with Crippen molar-refractivity contribution in [3.8, 4) is 0 Å². The highest BCUT2D eigenvalue weighted by Gasteiger charge is 2.04. The second-order valence-corrected chi connectivity index (χ2v) is 4.30. The minimum absolute atomic E-state index is 0.168. The summed E-state index contributed by atoms with van der Waals surface area (Å²) in [7, 11) is 1.49. The van der Waals surface area contributed by atoms with Crippen molar-refractivity contribution in [1.29, 1.82) is 0 Å². The predicted octanol–water partition coefficient (Wildman–Crippen LogP) is 1.88. The summed E-state index contributed by atoms with van der Waals surface area (Å²) in [6.45, 7) is 3.50. The molecule has 110 valence electrons. The van der Waals surface area contributed by atoms with Crippen molar-refractivity contribution in [2.24, 2.45) is 4.99 Å². The predicted molar refractivity (Wildman–Crippen MR) is 80.0 cm³/mol. The van der Waals surface area contributed by atoms with E-state index in [2.05, 4.69) is 22.2 Å². The lowest BCUT2D eigenvalue weighted by Gasteiger charge is -2.24. The Bertz CT molecular complexity index is 405. The first kappa shape index (κ1) is 16.2. The highest BCUT2D eigenvalue weighted by molar-refractivity contribution is 6.35. The molecule has 20 heavy (non-hydrogen) atoms. The third kappa shape index (κ3) is 6.89. The Morgan fingerprint density at radius 3 is 2.60 bits per heavy atom. The molecule has 0 saturated carbocycles. The standard InChI is InChI=1S/C15H22N2O3/c1-16-14(15(18)19)8-6-4-2-3-5-7-9-17-10-12-20-13-11-17/h2-4,6-7,9H,5,8,10-13H2,1H3,(H,18,19)/b3-2-,6-4-,9-7+,16-14+. The smallest absolute Gasteiger partial charge is 0.350 e. The summed E-state index contributed by atoms with van der Waals surface area (Å²) < 4.78 is 5.27. The molecule has 1 heterocycles. The van der Waals surface area contributed by atoms with E-state index in [4.69, 9.17) is 9.84 Å². The van der Waals surface area contributed by atoms with Crippen molar-refractivity contribution in [3.05, 3.63) is 36.6 Å². The van der Waals surface area contributed by atoms with Gasteiger partial charge in [0.1, 0.15) is 5.71 Å². The van der Waals surface area contributed by atoms with E-state index < -0.39 is 5.97 Å². The number of ether oxygens (including phenoxy) is 1. The molecule has 0 bridgehead atoms. The fourth-order valence-corrected chi connectivity index (χ4v) is 1.70. The minimum atomic E-state index is -0.963. The highest BCUT2D eigenvalue weighted by atomic mass is 16.5. The second kappa shape index (κ2) is 9.97. The van der Waals surface area contributed by atoms with Gasteiger partial charge in [0.05, 0.1) is 13.2 Å². The Hall–Kier alpha value is -1.88. The van der Waals surface area contributed by atoms with Crippen molar-refractivity contribution in [3.63, 3.8) is 0 Å². The summed E-state index contributed by atoms with van der Waals surface area (Å²) >= 11 is 0. The third-order valence-electron chi connectivity index (χ3n) is 2.85. The van der Waals surface area contributed by atoms with Gasteiger partial charge in [-0.25, -0.2) is 4.79 Å². The summed E-state index contributed by atoms with van der Waals surface area (Å²) in [6.07, 6.45) is 13.0. The second-order valence-electron chi connectivity index (χ2n) is 4.30. The molecule has 0 spiro atoms. The Balaban J connectivity index is 2.18. The van der Waals surface area contributed by atoms with Gasteiger partial charge in [-0.3, -0.25) is 4.99 Å². The number of hydrogen-bond donors (Lipinski definition) is 1. The SMILES string of the molecule is C/N=C(\C/C=C\C=C/C/C=C/N1CCOCC1)C(=O)O. The fraction of sp³-hybridized carbons (Fsp3) is 0.467. The number of carboxylic acid groups (broad SMARTS) is 1. The zero-order valence-electron chi connectivity index (χ0n) is 11.9. The minimum Gasteiger partial charge on any atom is -0.477 e. The van der Waals surface area contributed by atoms with Gasteiger partial charge in [-0.15, -0.1) is 0 Å². The van der Waals surface area contributed by atoms with Crippen LogP contribution < -0.4 is 0 Å². The van der Waals surface area contributed by atoms with Gasteiger partial charge in [0, 0.05) is 26.6 Å². The lowest BCUT2D eigenvalue weighted by Crippen LogP contribution is -2.31. The topological polar surface area (TPSA) is 62.1 Å². The molecular weight excluding hydrogens is 256 g/mol. The number of morpholine rings is 1. The highest BCUT2D eigenvalue weighted by Crippen LogP contribution is 1.98. The molecule has 0 unspecified atom stereocenters. The number of nitrogens with zero attached hydrogens (tertiary/aromatic N) is 2. The average molecular weight is 278 g/mol. The van der Waals surface area contributed by atoms with Gasteiger partial charge >= 0.3 is 5.97 Å². The summed E-state index contributed by atoms with van der Waals surface area (Å²) in [5, 5.41) is 8.76. The Morgan fingerprint density at radius 2 is 1.95 bits per heavy atom. The van der Waals surface area contributed by atoms with Crippen LogP contribution in [0, 0.1) is 0 Å². The molecule has 1 aliphatic heterocycles. The zero-order valence-corrected chi connectivity index (χ0v) is 11.9. The van der Waals surface area contributed by atoms with Crippen molar-refractivity contribution < 1.29 is 14.6 Å². The lowest BCUT2D eigenvalue weighted by molar-refractivity contribution is -0.129. The van der Waals surface area contributed by atoms with Crippen LogP contribution >= 0.6 is 0 Å². The van der Waals surface area contributed by atoms with Crippen molar-refractivity contribution in [2.75, 3.05) is 33.4 Å². The molecule has 0 atom stereocenters.